The second-order valence-corrected chi connectivity index (χ2v) is 9.03. The van der Waals surface area contributed by atoms with Gasteiger partial charge in [0.1, 0.15) is 5.82 Å². The van der Waals surface area contributed by atoms with Crippen LogP contribution in [0, 0.1) is 11.3 Å². The fourth-order valence-electron chi connectivity index (χ4n) is 4.33. The number of ether oxygens (including phenoxy) is 1. The fraction of sp³-hybridized carbons (Fsp3) is 0.346. The molecule has 1 atom stereocenters. The molecule has 1 aliphatic heterocycles. The first-order chi connectivity index (χ1) is 17.7. The van der Waals surface area contributed by atoms with Crippen LogP contribution < -0.4 is 9.64 Å². The van der Waals surface area contributed by atoms with Gasteiger partial charge in [-0.05, 0) is 43.4 Å². The highest BCUT2D eigenvalue weighted by molar-refractivity contribution is 6.33. The number of carbonyl (C=O) groups excluding carboxylic acids is 1. The molecule has 1 fully saturated rings. The van der Waals surface area contributed by atoms with Crippen molar-refractivity contribution in [2.75, 3.05) is 18.6 Å². The molecule has 0 radical (unpaired) electrons. The molecule has 192 valence electrons. The van der Waals surface area contributed by atoms with E-state index in [4.69, 9.17) is 21.6 Å². The Morgan fingerprint density at radius 2 is 2.00 bits per heavy atom. The van der Waals surface area contributed by atoms with Gasteiger partial charge < -0.3 is 9.64 Å². The third-order valence-electron chi connectivity index (χ3n) is 6.17. The zero-order valence-corrected chi connectivity index (χ0v) is 20.7. The van der Waals surface area contributed by atoms with Gasteiger partial charge in [0.05, 0.1) is 41.7 Å². The lowest BCUT2D eigenvalue weighted by Gasteiger charge is -2.26. The van der Waals surface area contributed by atoms with Crippen LogP contribution in [0.3, 0.4) is 0 Å². The van der Waals surface area contributed by atoms with Crippen molar-refractivity contribution in [2.24, 2.45) is 0 Å². The van der Waals surface area contributed by atoms with Gasteiger partial charge in [-0.2, -0.15) is 18.4 Å². The number of hydrogen-bond acceptors (Lipinski definition) is 7. The Hall–Kier alpha value is -3.71. The van der Waals surface area contributed by atoms with Crippen molar-refractivity contribution in [1.29, 1.82) is 5.26 Å². The summed E-state index contributed by atoms with van der Waals surface area (Å²) < 4.78 is 46.3. The Labute approximate surface area is 216 Å². The van der Waals surface area contributed by atoms with Crippen molar-refractivity contribution < 1.29 is 22.7 Å². The van der Waals surface area contributed by atoms with Crippen LogP contribution in [0.5, 0.6) is 5.88 Å². The van der Waals surface area contributed by atoms with E-state index in [1.165, 1.54) is 25.4 Å². The van der Waals surface area contributed by atoms with Crippen molar-refractivity contribution in [1.82, 2.24) is 15.0 Å². The number of anilines is 1. The molecule has 37 heavy (non-hydrogen) atoms. The standard InChI is InChI=1S/C26H23ClF3N5O2/c1-37-24-12-18(19(27)15-32-24)20-13-23(34-25(33-20)26(28,29)30)35-11-3-5-21(35)22(36)6-2-4-16-7-9-17(14-31)10-8-16/h7-10,12-13,15,21H,2-6,11H2,1H3/t21-/m0/s1. The molecule has 11 heteroatoms. The summed E-state index contributed by atoms with van der Waals surface area (Å²) in [5.41, 5.74) is 1.75. The average Bonchev–Trinajstić information content (AvgIpc) is 3.39. The highest BCUT2D eigenvalue weighted by Crippen LogP contribution is 2.36. The number of nitriles is 1. The smallest absolute Gasteiger partial charge is 0.451 e. The Morgan fingerprint density at radius 1 is 1.24 bits per heavy atom. The maximum Gasteiger partial charge on any atom is 0.451 e. The Morgan fingerprint density at radius 3 is 2.68 bits per heavy atom. The van der Waals surface area contributed by atoms with E-state index in [0.29, 0.717) is 37.8 Å². The molecule has 0 N–H and O–H groups in total. The number of aryl methyl sites for hydroxylation is 1. The first-order valence-electron chi connectivity index (χ1n) is 11.6. The molecular weight excluding hydrogens is 507 g/mol. The summed E-state index contributed by atoms with van der Waals surface area (Å²) in [7, 11) is 1.38. The van der Waals surface area contributed by atoms with E-state index < -0.39 is 18.0 Å². The van der Waals surface area contributed by atoms with Crippen LogP contribution in [-0.4, -0.2) is 40.4 Å². The van der Waals surface area contributed by atoms with Gasteiger partial charge in [-0.3, -0.25) is 4.79 Å². The van der Waals surface area contributed by atoms with Crippen LogP contribution in [0.15, 0.2) is 42.6 Å². The number of carbonyl (C=O) groups is 1. The minimum atomic E-state index is -4.80. The number of methoxy groups -OCH3 is 1. The van der Waals surface area contributed by atoms with Gasteiger partial charge >= 0.3 is 6.18 Å². The molecule has 0 amide bonds. The van der Waals surface area contributed by atoms with E-state index in [-0.39, 0.29) is 40.2 Å². The van der Waals surface area contributed by atoms with Crippen LogP contribution >= 0.6 is 11.6 Å². The van der Waals surface area contributed by atoms with Crippen LogP contribution in [-0.2, 0) is 17.4 Å². The van der Waals surface area contributed by atoms with Crippen molar-refractivity contribution in [3.8, 4) is 23.2 Å². The molecule has 7 nitrogen and oxygen atoms in total. The second-order valence-electron chi connectivity index (χ2n) is 8.62. The predicted octanol–water partition coefficient (Wildman–Crippen LogP) is 5.65. The van der Waals surface area contributed by atoms with Gasteiger partial charge in [0.2, 0.25) is 11.7 Å². The topological polar surface area (TPSA) is 92.0 Å². The van der Waals surface area contributed by atoms with Gasteiger partial charge in [0.15, 0.2) is 5.78 Å². The Bertz CT molecular complexity index is 1330. The largest absolute Gasteiger partial charge is 0.481 e. The van der Waals surface area contributed by atoms with Crippen LogP contribution in [0.25, 0.3) is 11.3 Å². The van der Waals surface area contributed by atoms with Gasteiger partial charge in [-0.15, -0.1) is 0 Å². The Balaban J connectivity index is 1.57. The van der Waals surface area contributed by atoms with Gasteiger partial charge in [-0.25, -0.2) is 15.0 Å². The van der Waals surface area contributed by atoms with Crippen LogP contribution in [0.4, 0.5) is 19.0 Å². The second kappa shape index (κ2) is 11.1. The molecular formula is C26H23ClF3N5O2. The van der Waals surface area contributed by atoms with Gasteiger partial charge in [0, 0.05) is 30.7 Å². The molecule has 3 heterocycles. The van der Waals surface area contributed by atoms with Crippen molar-refractivity contribution in [2.45, 2.75) is 44.3 Å². The Kier molecular flexibility index (Phi) is 7.93. The molecule has 1 aliphatic rings. The predicted molar refractivity (Wildman–Crippen MR) is 131 cm³/mol. The quantitative estimate of drug-likeness (QED) is 0.372. The molecule has 2 aromatic heterocycles. The number of hydrogen-bond donors (Lipinski definition) is 0. The zero-order valence-electron chi connectivity index (χ0n) is 19.9. The molecule has 0 saturated carbocycles. The summed E-state index contributed by atoms with van der Waals surface area (Å²) in [5, 5.41) is 9.02. The van der Waals surface area contributed by atoms with E-state index in [9.17, 15) is 18.0 Å². The molecule has 0 aliphatic carbocycles. The van der Waals surface area contributed by atoms with Crippen LogP contribution in [0.1, 0.15) is 42.6 Å². The number of ketones is 1. The molecule has 1 saturated heterocycles. The molecule has 4 rings (SSSR count). The van der Waals surface area contributed by atoms with E-state index in [1.54, 1.807) is 17.0 Å². The number of alkyl halides is 3. The minimum absolute atomic E-state index is 0.0205. The normalized spacial score (nSPS) is 15.5. The number of aromatic nitrogens is 3. The van der Waals surface area contributed by atoms with Gasteiger partial charge in [-0.1, -0.05) is 23.7 Å². The maximum atomic E-state index is 13.7. The zero-order chi connectivity index (χ0) is 26.6. The minimum Gasteiger partial charge on any atom is -0.481 e. The highest BCUT2D eigenvalue weighted by Gasteiger charge is 2.38. The van der Waals surface area contributed by atoms with Gasteiger partial charge in [0.25, 0.3) is 0 Å². The molecule has 0 spiro atoms. The SMILES string of the molecule is COc1cc(-c2cc(N3CCC[C@H]3C(=O)CCCc3ccc(C#N)cc3)nc(C(F)(F)F)n2)c(Cl)cn1. The number of pyridine rings is 1. The number of halogens is 4. The highest BCUT2D eigenvalue weighted by atomic mass is 35.5. The third-order valence-corrected chi connectivity index (χ3v) is 6.47. The van der Waals surface area contributed by atoms with E-state index in [2.05, 4.69) is 21.0 Å². The maximum absolute atomic E-state index is 13.7. The van der Waals surface area contributed by atoms with Crippen LogP contribution in [0.2, 0.25) is 5.02 Å². The van der Waals surface area contributed by atoms with Crippen molar-refractivity contribution >= 4 is 23.2 Å². The van der Waals surface area contributed by atoms with E-state index in [0.717, 1.165) is 5.56 Å². The monoisotopic (exact) mass is 529 g/mol. The number of rotatable bonds is 8. The first kappa shape index (κ1) is 26.4. The fourth-order valence-corrected chi connectivity index (χ4v) is 4.53. The summed E-state index contributed by atoms with van der Waals surface area (Å²) in [6.07, 6.45) is -0.822. The summed E-state index contributed by atoms with van der Waals surface area (Å²) in [6.45, 7) is 0.396. The lowest BCUT2D eigenvalue weighted by Crippen LogP contribution is -2.37. The lowest BCUT2D eigenvalue weighted by atomic mass is 10.0. The van der Waals surface area contributed by atoms with Crippen molar-refractivity contribution in [3.05, 3.63) is 64.6 Å². The lowest BCUT2D eigenvalue weighted by molar-refractivity contribution is -0.144. The van der Waals surface area contributed by atoms with Crippen molar-refractivity contribution in [3.63, 3.8) is 0 Å². The summed E-state index contributed by atoms with van der Waals surface area (Å²) >= 11 is 6.23. The number of Topliss-reactive ketones (excluding diaryl/α,β-unsaturated/α-hetero) is 1. The number of nitrogens with zero attached hydrogens (tertiary/aromatic N) is 5. The summed E-state index contributed by atoms with van der Waals surface area (Å²) in [5.74, 6) is -1.18. The first-order valence-corrected chi connectivity index (χ1v) is 12.0. The molecule has 3 aromatic rings. The molecule has 0 bridgehead atoms. The third kappa shape index (κ3) is 6.17. The average molecular weight is 530 g/mol. The molecule has 1 aromatic carbocycles. The van der Waals surface area contributed by atoms with E-state index >= 15 is 0 Å². The summed E-state index contributed by atoms with van der Waals surface area (Å²) in [4.78, 5) is 26.2. The molecule has 0 unspecified atom stereocenters. The summed E-state index contributed by atoms with van der Waals surface area (Å²) in [6, 6.07) is 11.5. The van der Waals surface area contributed by atoms with E-state index in [1.807, 2.05) is 12.1 Å². The number of benzene rings is 1.